The summed E-state index contributed by atoms with van der Waals surface area (Å²) in [5.74, 6) is -0.655. The van der Waals surface area contributed by atoms with Crippen LogP contribution in [0.15, 0.2) is 28.9 Å². The van der Waals surface area contributed by atoms with Crippen molar-refractivity contribution in [3.05, 3.63) is 45.5 Å². The average Bonchev–Trinajstić information content (AvgIpc) is 3.25. The number of carboxylic acids is 1. The van der Waals surface area contributed by atoms with E-state index in [2.05, 4.69) is 0 Å². The highest BCUT2D eigenvalue weighted by Crippen LogP contribution is 2.44. The van der Waals surface area contributed by atoms with Crippen molar-refractivity contribution in [2.24, 2.45) is 0 Å². The molecule has 1 spiro atoms. The zero-order valence-electron chi connectivity index (χ0n) is 13.0. The van der Waals surface area contributed by atoms with Gasteiger partial charge in [-0.3, -0.25) is 4.79 Å². The lowest BCUT2D eigenvalue weighted by Gasteiger charge is -2.43. The molecular formula is C17H17NO5S. The molecule has 0 radical (unpaired) electrons. The van der Waals surface area contributed by atoms with Crippen LogP contribution < -0.4 is 0 Å². The number of aromatic carboxylic acids is 1. The number of fused-ring (bicyclic) bond motifs is 2. The highest BCUT2D eigenvalue weighted by atomic mass is 32.1. The second kappa shape index (κ2) is 5.75. The van der Waals surface area contributed by atoms with E-state index in [0.717, 1.165) is 16.9 Å². The van der Waals surface area contributed by atoms with Crippen LogP contribution in [0.4, 0.5) is 0 Å². The number of hydrogen-bond donors (Lipinski definition) is 1. The molecule has 1 fully saturated rings. The second-order valence-electron chi connectivity index (χ2n) is 6.11. The van der Waals surface area contributed by atoms with Crippen molar-refractivity contribution < 1.29 is 23.8 Å². The molecule has 24 heavy (non-hydrogen) atoms. The van der Waals surface area contributed by atoms with Crippen molar-refractivity contribution in [2.45, 2.75) is 24.9 Å². The van der Waals surface area contributed by atoms with Gasteiger partial charge >= 0.3 is 5.97 Å². The van der Waals surface area contributed by atoms with E-state index in [-0.39, 0.29) is 5.91 Å². The molecule has 0 bridgehead atoms. The van der Waals surface area contributed by atoms with Crippen molar-refractivity contribution in [3.8, 4) is 0 Å². The molecule has 0 atom stereocenters. The lowest BCUT2D eigenvalue weighted by atomic mass is 9.82. The molecule has 1 amide bonds. The smallest absolute Gasteiger partial charge is 0.345 e. The van der Waals surface area contributed by atoms with Crippen LogP contribution in [0.1, 0.15) is 43.5 Å². The Labute approximate surface area is 142 Å². The number of thiophene rings is 1. The van der Waals surface area contributed by atoms with Gasteiger partial charge < -0.3 is 19.2 Å². The topological polar surface area (TPSA) is 80.0 Å². The van der Waals surface area contributed by atoms with E-state index >= 15 is 0 Å². The summed E-state index contributed by atoms with van der Waals surface area (Å²) in [7, 11) is 0. The highest BCUT2D eigenvalue weighted by molar-refractivity contribution is 7.14. The maximum atomic E-state index is 12.4. The molecule has 2 aliphatic heterocycles. The van der Waals surface area contributed by atoms with E-state index in [4.69, 9.17) is 9.15 Å². The Kier molecular flexibility index (Phi) is 3.69. The van der Waals surface area contributed by atoms with Crippen LogP contribution >= 0.6 is 11.3 Å². The predicted octanol–water partition coefficient (Wildman–Crippen LogP) is 2.74. The van der Waals surface area contributed by atoms with Crippen LogP contribution in [0.3, 0.4) is 0 Å². The molecular weight excluding hydrogens is 330 g/mol. The first-order valence-corrected chi connectivity index (χ1v) is 8.74. The quantitative estimate of drug-likeness (QED) is 0.903. The zero-order chi connectivity index (χ0) is 16.7. The van der Waals surface area contributed by atoms with E-state index in [1.165, 1.54) is 17.6 Å². The van der Waals surface area contributed by atoms with Gasteiger partial charge in [0.15, 0.2) is 5.76 Å². The Morgan fingerprint density at radius 2 is 2.08 bits per heavy atom. The summed E-state index contributed by atoms with van der Waals surface area (Å²) in [5.41, 5.74) is 0.541. The maximum absolute atomic E-state index is 12.4. The molecule has 1 N–H and O–H groups in total. The Hall–Kier alpha value is -2.12. The van der Waals surface area contributed by atoms with Gasteiger partial charge in [0.2, 0.25) is 0 Å². The van der Waals surface area contributed by atoms with Crippen LogP contribution in [-0.4, -0.2) is 41.6 Å². The van der Waals surface area contributed by atoms with Gasteiger partial charge in [-0.15, -0.1) is 11.3 Å². The largest absolute Gasteiger partial charge is 0.477 e. The summed E-state index contributed by atoms with van der Waals surface area (Å²) in [6.07, 6.45) is 3.59. The van der Waals surface area contributed by atoms with E-state index in [9.17, 15) is 14.7 Å². The Morgan fingerprint density at radius 1 is 1.29 bits per heavy atom. The van der Waals surface area contributed by atoms with Crippen molar-refractivity contribution in [2.75, 3.05) is 19.7 Å². The number of carbonyl (C=O) groups excluding carboxylic acids is 1. The van der Waals surface area contributed by atoms with Gasteiger partial charge in [-0.05, 0) is 36.6 Å². The number of rotatable bonds is 2. The number of furan rings is 1. The van der Waals surface area contributed by atoms with E-state index < -0.39 is 11.6 Å². The van der Waals surface area contributed by atoms with Crippen LogP contribution in [0.2, 0.25) is 0 Å². The average molecular weight is 347 g/mol. The molecule has 0 aliphatic carbocycles. The van der Waals surface area contributed by atoms with Crippen molar-refractivity contribution in [1.29, 1.82) is 0 Å². The molecule has 0 unspecified atom stereocenters. The first-order valence-electron chi connectivity index (χ1n) is 7.92. The molecule has 2 aliphatic rings. The monoisotopic (exact) mass is 347 g/mol. The SMILES string of the molecule is O=C(O)c1cc2c(s1)CCOC21CCN(C(=O)c2ccco2)CC1. The van der Waals surface area contributed by atoms with E-state index in [1.807, 2.05) is 0 Å². The summed E-state index contributed by atoms with van der Waals surface area (Å²) in [6, 6.07) is 5.12. The summed E-state index contributed by atoms with van der Waals surface area (Å²) in [6.45, 7) is 1.73. The van der Waals surface area contributed by atoms with Gasteiger partial charge in [0.1, 0.15) is 4.88 Å². The molecule has 4 heterocycles. The van der Waals surface area contributed by atoms with E-state index in [1.54, 1.807) is 23.1 Å². The summed E-state index contributed by atoms with van der Waals surface area (Å²) in [4.78, 5) is 26.9. The van der Waals surface area contributed by atoms with Gasteiger partial charge in [-0.25, -0.2) is 4.79 Å². The van der Waals surface area contributed by atoms with E-state index in [0.29, 0.717) is 43.2 Å². The van der Waals surface area contributed by atoms with Gasteiger partial charge in [-0.2, -0.15) is 0 Å². The second-order valence-corrected chi connectivity index (χ2v) is 7.25. The third-order valence-corrected chi connectivity index (χ3v) is 5.99. The van der Waals surface area contributed by atoms with Crippen molar-refractivity contribution in [1.82, 2.24) is 4.90 Å². The Balaban J connectivity index is 1.55. The standard InChI is InChI=1S/C17H17NO5S/c19-15(12-2-1-8-22-12)18-6-4-17(5-7-18)11-10-14(16(20)21)24-13(11)3-9-23-17/h1-2,8,10H,3-7,9H2,(H,20,21). The normalized spacial score (nSPS) is 19.2. The Morgan fingerprint density at radius 3 is 2.75 bits per heavy atom. The third-order valence-electron chi connectivity index (χ3n) is 4.81. The highest BCUT2D eigenvalue weighted by Gasteiger charge is 2.43. The number of piperidine rings is 1. The summed E-state index contributed by atoms with van der Waals surface area (Å²) < 4.78 is 11.3. The first-order chi connectivity index (χ1) is 11.6. The fraction of sp³-hybridized carbons (Fsp3) is 0.412. The number of ether oxygens (including phenoxy) is 1. The number of carbonyl (C=O) groups is 2. The van der Waals surface area contributed by atoms with Crippen molar-refractivity contribution >= 4 is 23.2 Å². The number of hydrogen-bond acceptors (Lipinski definition) is 5. The molecule has 4 rings (SSSR count). The molecule has 7 heteroatoms. The number of amides is 1. The molecule has 2 aromatic heterocycles. The molecule has 6 nitrogen and oxygen atoms in total. The molecule has 1 saturated heterocycles. The van der Waals surface area contributed by atoms with Gasteiger partial charge in [0, 0.05) is 24.4 Å². The minimum Gasteiger partial charge on any atom is -0.477 e. The van der Waals surface area contributed by atoms with Gasteiger partial charge in [-0.1, -0.05) is 0 Å². The van der Waals surface area contributed by atoms with Crippen LogP contribution in [0.25, 0.3) is 0 Å². The fourth-order valence-corrected chi connectivity index (χ4v) is 4.63. The first kappa shape index (κ1) is 15.4. The number of carboxylic acid groups (broad SMARTS) is 1. The molecule has 0 aromatic carbocycles. The van der Waals surface area contributed by atoms with Crippen LogP contribution in [-0.2, 0) is 16.8 Å². The maximum Gasteiger partial charge on any atom is 0.345 e. The summed E-state index contributed by atoms with van der Waals surface area (Å²) in [5, 5.41) is 9.25. The molecule has 126 valence electrons. The number of nitrogens with zero attached hydrogens (tertiary/aromatic N) is 1. The van der Waals surface area contributed by atoms with Crippen LogP contribution in [0, 0.1) is 0 Å². The number of likely N-dealkylation sites (tertiary alicyclic amines) is 1. The fourth-order valence-electron chi connectivity index (χ4n) is 3.56. The lowest BCUT2D eigenvalue weighted by Crippen LogP contribution is -2.48. The lowest BCUT2D eigenvalue weighted by molar-refractivity contribution is -0.0928. The molecule has 0 saturated carbocycles. The van der Waals surface area contributed by atoms with Crippen LogP contribution in [0.5, 0.6) is 0 Å². The zero-order valence-corrected chi connectivity index (χ0v) is 13.8. The summed E-state index contributed by atoms with van der Waals surface area (Å²) >= 11 is 1.34. The minimum absolute atomic E-state index is 0.109. The van der Waals surface area contributed by atoms with Gasteiger partial charge in [0.25, 0.3) is 5.91 Å². The predicted molar refractivity (Wildman–Crippen MR) is 86.5 cm³/mol. The minimum atomic E-state index is -0.894. The molecule has 2 aromatic rings. The van der Waals surface area contributed by atoms with Crippen molar-refractivity contribution in [3.63, 3.8) is 0 Å². The van der Waals surface area contributed by atoms with Gasteiger partial charge in [0.05, 0.1) is 18.5 Å². The Bertz CT molecular complexity index is 771. The third kappa shape index (κ3) is 2.44.